The topological polar surface area (TPSA) is 57.2 Å². The normalized spacial score (nSPS) is 11.9. The zero-order valence-corrected chi connectivity index (χ0v) is 12.7. The largest absolute Gasteiger partial charge is 0.483 e. The van der Waals surface area contributed by atoms with Gasteiger partial charge in [-0.1, -0.05) is 49.5 Å². The molecule has 0 saturated carbocycles. The Hall–Kier alpha value is -2.14. The lowest BCUT2D eigenvalue weighted by Gasteiger charge is -2.13. The number of ether oxygens (including phenoxy) is 1. The van der Waals surface area contributed by atoms with Gasteiger partial charge in [0, 0.05) is 18.7 Å². The van der Waals surface area contributed by atoms with E-state index >= 15 is 0 Å². The van der Waals surface area contributed by atoms with Crippen molar-refractivity contribution in [3.63, 3.8) is 0 Å². The van der Waals surface area contributed by atoms with Gasteiger partial charge in [0.2, 0.25) is 0 Å². The zero-order chi connectivity index (χ0) is 15.2. The first-order chi connectivity index (χ1) is 10.1. The van der Waals surface area contributed by atoms with Gasteiger partial charge in [-0.3, -0.25) is 4.79 Å². The second kappa shape index (κ2) is 7.04. The molecule has 2 rings (SSSR count). The van der Waals surface area contributed by atoms with Crippen LogP contribution in [0.25, 0.3) is 0 Å². The molecule has 4 nitrogen and oxygen atoms in total. The number of nitrogens with two attached hydrogens (primary N) is 1. The van der Waals surface area contributed by atoms with Crippen molar-refractivity contribution in [1.29, 1.82) is 0 Å². The molecule has 1 atom stereocenters. The molecule has 2 aromatic rings. The van der Waals surface area contributed by atoms with Gasteiger partial charge in [-0.25, -0.2) is 0 Å². The van der Waals surface area contributed by atoms with Crippen molar-refractivity contribution in [2.45, 2.75) is 20.1 Å². The maximum atomic E-state index is 12.3. The lowest BCUT2D eigenvalue weighted by atomic mass is 10.2. The van der Waals surface area contributed by atoms with Gasteiger partial charge in [0.1, 0.15) is 6.61 Å². The quantitative estimate of drug-likeness (QED) is 0.832. The molecule has 1 aromatic heterocycles. The van der Waals surface area contributed by atoms with Crippen LogP contribution in [0, 0.1) is 5.92 Å². The van der Waals surface area contributed by atoms with Crippen LogP contribution in [-0.2, 0) is 13.2 Å². The molecule has 0 saturated heterocycles. The summed E-state index contributed by atoms with van der Waals surface area (Å²) in [6.45, 7) is 2.72. The summed E-state index contributed by atoms with van der Waals surface area (Å²) in [5.74, 6) is 0.290. The summed E-state index contributed by atoms with van der Waals surface area (Å²) in [6, 6.07) is 13.2. The Morgan fingerprint density at radius 3 is 2.67 bits per heavy atom. The predicted molar refractivity (Wildman–Crippen MR) is 87.4 cm³/mol. The minimum Gasteiger partial charge on any atom is -0.483 e. The van der Waals surface area contributed by atoms with Gasteiger partial charge in [0.15, 0.2) is 5.75 Å². The standard InChI is InChI=1S/C16H18N2O2S/c1-12(15(17)21)10-18-9-5-8-14(16(18)19)20-11-13-6-3-2-4-7-13/h2-9,12H,10-11H2,1H3,(H2,17,21). The average Bonchev–Trinajstić information content (AvgIpc) is 2.49. The molecule has 1 unspecified atom stereocenters. The minimum absolute atomic E-state index is 0.0397. The Labute approximate surface area is 129 Å². The number of benzene rings is 1. The van der Waals surface area contributed by atoms with Crippen LogP contribution in [0.3, 0.4) is 0 Å². The summed E-state index contributed by atoms with van der Waals surface area (Å²) in [7, 11) is 0. The molecule has 0 aliphatic rings. The van der Waals surface area contributed by atoms with Gasteiger partial charge in [-0.05, 0) is 17.7 Å². The summed E-state index contributed by atoms with van der Waals surface area (Å²) >= 11 is 4.94. The molecular weight excluding hydrogens is 284 g/mol. The molecule has 2 N–H and O–H groups in total. The van der Waals surface area contributed by atoms with Crippen LogP contribution in [0.4, 0.5) is 0 Å². The van der Waals surface area contributed by atoms with Crippen LogP contribution in [0.1, 0.15) is 12.5 Å². The van der Waals surface area contributed by atoms with Crippen molar-refractivity contribution in [2.75, 3.05) is 0 Å². The van der Waals surface area contributed by atoms with E-state index in [0.29, 0.717) is 23.9 Å². The van der Waals surface area contributed by atoms with Crippen molar-refractivity contribution in [3.05, 3.63) is 64.6 Å². The van der Waals surface area contributed by atoms with Gasteiger partial charge >= 0.3 is 0 Å². The molecule has 0 bridgehead atoms. The van der Waals surface area contributed by atoms with E-state index in [4.69, 9.17) is 22.7 Å². The lowest BCUT2D eigenvalue weighted by molar-refractivity contribution is 0.298. The maximum absolute atomic E-state index is 12.3. The number of rotatable bonds is 6. The Morgan fingerprint density at radius 2 is 2.00 bits per heavy atom. The molecule has 0 aliphatic heterocycles. The monoisotopic (exact) mass is 302 g/mol. The second-order valence-corrected chi connectivity index (χ2v) is 5.38. The van der Waals surface area contributed by atoms with E-state index in [1.807, 2.05) is 37.3 Å². The number of hydrogen-bond acceptors (Lipinski definition) is 3. The predicted octanol–water partition coefficient (Wildman–Crippen LogP) is 2.35. The second-order valence-electron chi connectivity index (χ2n) is 4.91. The van der Waals surface area contributed by atoms with Crippen molar-refractivity contribution < 1.29 is 4.74 Å². The Morgan fingerprint density at radius 1 is 1.29 bits per heavy atom. The van der Waals surface area contributed by atoms with Crippen molar-refractivity contribution in [3.8, 4) is 5.75 Å². The fraction of sp³-hybridized carbons (Fsp3) is 0.250. The van der Waals surface area contributed by atoms with Crippen LogP contribution in [0.15, 0.2) is 53.5 Å². The highest BCUT2D eigenvalue weighted by Crippen LogP contribution is 2.08. The fourth-order valence-corrected chi connectivity index (χ4v) is 1.96. The van der Waals surface area contributed by atoms with Crippen LogP contribution >= 0.6 is 12.2 Å². The molecule has 0 radical (unpaired) electrons. The molecule has 0 fully saturated rings. The van der Waals surface area contributed by atoms with Crippen molar-refractivity contribution >= 4 is 17.2 Å². The minimum atomic E-state index is -0.170. The van der Waals surface area contributed by atoms with Crippen LogP contribution in [0.2, 0.25) is 0 Å². The third-order valence-corrected chi connectivity index (χ3v) is 3.58. The number of hydrogen-bond donors (Lipinski definition) is 1. The van der Waals surface area contributed by atoms with E-state index in [9.17, 15) is 4.79 Å². The van der Waals surface area contributed by atoms with Gasteiger partial charge in [0.05, 0.1) is 4.99 Å². The Bertz CT molecular complexity index is 667. The average molecular weight is 302 g/mol. The molecule has 5 heteroatoms. The van der Waals surface area contributed by atoms with E-state index < -0.39 is 0 Å². The van der Waals surface area contributed by atoms with E-state index in [0.717, 1.165) is 5.56 Å². The summed E-state index contributed by atoms with van der Waals surface area (Å²) in [4.78, 5) is 12.7. The van der Waals surface area contributed by atoms with Crippen molar-refractivity contribution in [1.82, 2.24) is 4.57 Å². The smallest absolute Gasteiger partial charge is 0.292 e. The summed E-state index contributed by atoms with van der Waals surface area (Å²) in [5, 5.41) is 0. The number of nitrogens with zero attached hydrogens (tertiary/aromatic N) is 1. The van der Waals surface area contributed by atoms with Gasteiger partial charge in [-0.15, -0.1) is 0 Å². The van der Waals surface area contributed by atoms with Gasteiger partial charge in [0.25, 0.3) is 5.56 Å². The first-order valence-corrected chi connectivity index (χ1v) is 7.14. The van der Waals surface area contributed by atoms with E-state index in [2.05, 4.69) is 0 Å². The molecule has 0 amide bonds. The van der Waals surface area contributed by atoms with Crippen LogP contribution < -0.4 is 16.0 Å². The van der Waals surface area contributed by atoms with Gasteiger partial charge < -0.3 is 15.0 Å². The number of aromatic nitrogens is 1. The highest BCUT2D eigenvalue weighted by molar-refractivity contribution is 7.80. The van der Waals surface area contributed by atoms with E-state index in [-0.39, 0.29) is 11.5 Å². The number of thiocarbonyl (C=S) groups is 1. The third-order valence-electron chi connectivity index (χ3n) is 3.18. The molecule has 0 aliphatic carbocycles. The van der Waals surface area contributed by atoms with E-state index in [1.165, 1.54) is 0 Å². The first kappa shape index (κ1) is 15.3. The Balaban J connectivity index is 2.11. The fourth-order valence-electron chi connectivity index (χ4n) is 1.89. The summed E-state index contributed by atoms with van der Waals surface area (Å²) < 4.78 is 7.18. The molecule has 21 heavy (non-hydrogen) atoms. The summed E-state index contributed by atoms with van der Waals surface area (Å²) in [6.07, 6.45) is 1.71. The maximum Gasteiger partial charge on any atom is 0.292 e. The van der Waals surface area contributed by atoms with E-state index in [1.54, 1.807) is 22.9 Å². The number of pyridine rings is 1. The molecule has 110 valence electrons. The Kier molecular flexibility index (Phi) is 5.11. The highest BCUT2D eigenvalue weighted by Gasteiger charge is 2.10. The molecule has 0 spiro atoms. The molecule has 1 aromatic carbocycles. The first-order valence-electron chi connectivity index (χ1n) is 6.73. The van der Waals surface area contributed by atoms with Crippen LogP contribution in [0.5, 0.6) is 5.75 Å². The molecular formula is C16H18N2O2S. The van der Waals surface area contributed by atoms with Gasteiger partial charge in [-0.2, -0.15) is 0 Å². The highest BCUT2D eigenvalue weighted by atomic mass is 32.1. The SMILES string of the molecule is CC(Cn1cccc(OCc2ccccc2)c1=O)C(N)=S. The third kappa shape index (κ3) is 4.16. The lowest BCUT2D eigenvalue weighted by Crippen LogP contribution is -2.29. The zero-order valence-electron chi connectivity index (χ0n) is 11.9. The van der Waals surface area contributed by atoms with Crippen LogP contribution in [-0.4, -0.2) is 9.56 Å². The summed E-state index contributed by atoms with van der Waals surface area (Å²) in [5.41, 5.74) is 6.44. The molecule has 1 heterocycles. The van der Waals surface area contributed by atoms with Crippen molar-refractivity contribution in [2.24, 2.45) is 11.7 Å².